The van der Waals surface area contributed by atoms with Crippen LogP contribution in [0.4, 0.5) is 0 Å². The second kappa shape index (κ2) is 4.21. The van der Waals surface area contributed by atoms with Gasteiger partial charge in [0, 0.05) is 17.1 Å². The minimum absolute atomic E-state index is 0.150. The molecule has 3 aliphatic rings. The van der Waals surface area contributed by atoms with Gasteiger partial charge in [-0.05, 0) is 24.3 Å². The predicted octanol–water partition coefficient (Wildman–Crippen LogP) is 2.57. The number of aromatic nitrogens is 2. The van der Waals surface area contributed by atoms with Gasteiger partial charge < -0.3 is 9.94 Å². The molecule has 1 aromatic rings. The molecule has 0 amide bonds. The van der Waals surface area contributed by atoms with E-state index in [0.717, 1.165) is 16.5 Å². The molecule has 5 heteroatoms. The number of benzene rings is 1. The van der Waals surface area contributed by atoms with Crippen molar-refractivity contribution in [1.82, 2.24) is 9.71 Å². The SMILES string of the molecule is O=C(O)C1=CC=COn2ccc3c4ccccc4nc-3c21. The lowest BCUT2D eigenvalue weighted by Gasteiger charge is -2.14. The lowest BCUT2D eigenvalue weighted by atomic mass is 10.0. The first kappa shape index (κ1) is 11.7. The lowest BCUT2D eigenvalue weighted by Crippen LogP contribution is -2.14. The quantitative estimate of drug-likeness (QED) is 0.743. The van der Waals surface area contributed by atoms with Gasteiger partial charge in [-0.15, -0.1) is 0 Å². The van der Waals surface area contributed by atoms with Gasteiger partial charge in [0.2, 0.25) is 0 Å². The number of fused-ring (bicyclic) bond motifs is 5. The van der Waals surface area contributed by atoms with Crippen LogP contribution in [0.2, 0.25) is 0 Å². The summed E-state index contributed by atoms with van der Waals surface area (Å²) in [5, 5.41) is 10.4. The third-order valence-corrected chi connectivity index (χ3v) is 3.50. The molecular formula is C16H10N2O3. The maximum Gasteiger partial charge on any atom is 0.338 e. The van der Waals surface area contributed by atoms with Gasteiger partial charge in [0.15, 0.2) is 0 Å². The Morgan fingerprint density at radius 2 is 2.10 bits per heavy atom. The van der Waals surface area contributed by atoms with Crippen molar-refractivity contribution in [2.24, 2.45) is 0 Å². The summed E-state index contributed by atoms with van der Waals surface area (Å²) in [6.45, 7) is 0. The number of nitrogens with zero attached hydrogens (tertiary/aromatic N) is 2. The molecule has 0 spiro atoms. The van der Waals surface area contributed by atoms with E-state index in [4.69, 9.17) is 4.84 Å². The zero-order valence-electron chi connectivity index (χ0n) is 10.9. The van der Waals surface area contributed by atoms with Crippen LogP contribution in [-0.4, -0.2) is 20.8 Å². The molecule has 0 atom stereocenters. The average Bonchev–Trinajstić information content (AvgIpc) is 2.71. The first-order chi connectivity index (χ1) is 10.3. The van der Waals surface area contributed by atoms with E-state index in [1.54, 1.807) is 12.3 Å². The van der Waals surface area contributed by atoms with Gasteiger partial charge in [0.25, 0.3) is 0 Å². The van der Waals surface area contributed by atoms with Gasteiger partial charge in [-0.25, -0.2) is 9.78 Å². The van der Waals surface area contributed by atoms with Crippen molar-refractivity contribution in [3.63, 3.8) is 0 Å². The first-order valence-electron chi connectivity index (χ1n) is 6.43. The fourth-order valence-corrected chi connectivity index (χ4v) is 2.60. The molecule has 0 aromatic heterocycles. The predicted molar refractivity (Wildman–Crippen MR) is 77.7 cm³/mol. The average molecular weight is 278 g/mol. The summed E-state index contributed by atoms with van der Waals surface area (Å²) in [4.78, 5) is 21.5. The number of rotatable bonds is 1. The normalized spacial score (nSPS) is 13.6. The molecular weight excluding hydrogens is 268 g/mol. The van der Waals surface area contributed by atoms with Gasteiger partial charge in [-0.1, -0.05) is 18.2 Å². The van der Waals surface area contributed by atoms with Gasteiger partial charge in [-0.3, -0.25) is 0 Å². The van der Waals surface area contributed by atoms with Crippen LogP contribution in [0.5, 0.6) is 0 Å². The minimum atomic E-state index is -1.02. The Labute approximate surface area is 119 Å². The highest BCUT2D eigenvalue weighted by molar-refractivity contribution is 6.18. The highest BCUT2D eigenvalue weighted by atomic mass is 16.6. The van der Waals surface area contributed by atoms with Crippen LogP contribution in [0.3, 0.4) is 0 Å². The molecule has 1 aromatic carbocycles. The largest absolute Gasteiger partial charge is 0.478 e. The zero-order chi connectivity index (χ0) is 14.4. The van der Waals surface area contributed by atoms with Crippen molar-refractivity contribution in [2.45, 2.75) is 0 Å². The van der Waals surface area contributed by atoms with E-state index >= 15 is 0 Å². The van der Waals surface area contributed by atoms with Crippen molar-refractivity contribution in [2.75, 3.05) is 0 Å². The number of hydrogen-bond acceptors (Lipinski definition) is 3. The molecule has 0 saturated heterocycles. The monoisotopic (exact) mass is 278 g/mol. The molecule has 21 heavy (non-hydrogen) atoms. The summed E-state index contributed by atoms with van der Waals surface area (Å²) in [6, 6.07) is 9.61. The van der Waals surface area contributed by atoms with E-state index in [2.05, 4.69) is 4.98 Å². The van der Waals surface area contributed by atoms with Gasteiger partial charge in [-0.2, -0.15) is 4.73 Å². The maximum atomic E-state index is 11.5. The zero-order valence-corrected chi connectivity index (χ0v) is 10.9. The number of carboxylic acid groups (broad SMARTS) is 1. The Hall–Kier alpha value is -3.08. The van der Waals surface area contributed by atoms with Gasteiger partial charge in [0.1, 0.15) is 12.0 Å². The summed E-state index contributed by atoms with van der Waals surface area (Å²) >= 11 is 0. The van der Waals surface area contributed by atoms with Crippen molar-refractivity contribution in [3.05, 3.63) is 60.6 Å². The Morgan fingerprint density at radius 1 is 1.24 bits per heavy atom. The molecule has 0 bridgehead atoms. The highest BCUT2D eigenvalue weighted by Crippen LogP contribution is 2.36. The van der Waals surface area contributed by atoms with Crippen LogP contribution in [0.1, 0.15) is 5.69 Å². The van der Waals surface area contributed by atoms with Crippen molar-refractivity contribution in [3.8, 4) is 11.3 Å². The van der Waals surface area contributed by atoms with Gasteiger partial charge >= 0.3 is 5.97 Å². The van der Waals surface area contributed by atoms with E-state index in [1.165, 1.54) is 17.1 Å². The molecule has 0 aliphatic carbocycles. The highest BCUT2D eigenvalue weighted by Gasteiger charge is 2.25. The standard InChI is InChI=1S/C16H10N2O3/c19-16(20)12-5-3-9-21-18-8-7-11-10-4-1-2-6-13(10)17-14(11)15(12)18/h1-9H,(H,19,20). The minimum Gasteiger partial charge on any atom is -0.478 e. The molecule has 0 unspecified atom stereocenters. The first-order valence-corrected chi connectivity index (χ1v) is 6.43. The van der Waals surface area contributed by atoms with Crippen LogP contribution < -0.4 is 4.84 Å². The number of carbonyl (C=O) groups is 1. The van der Waals surface area contributed by atoms with Gasteiger partial charge in [0.05, 0.1) is 16.8 Å². The van der Waals surface area contributed by atoms with Crippen molar-refractivity contribution in [1.29, 1.82) is 0 Å². The van der Waals surface area contributed by atoms with E-state index in [1.807, 2.05) is 30.3 Å². The molecule has 5 nitrogen and oxygen atoms in total. The summed E-state index contributed by atoms with van der Waals surface area (Å²) in [5.74, 6) is -1.02. The summed E-state index contributed by atoms with van der Waals surface area (Å²) < 4.78 is 1.43. The number of carboxylic acids is 1. The van der Waals surface area contributed by atoms with E-state index in [9.17, 15) is 9.90 Å². The summed E-state index contributed by atoms with van der Waals surface area (Å²) in [5.41, 5.74) is 2.97. The van der Waals surface area contributed by atoms with E-state index < -0.39 is 5.97 Å². The number of aliphatic carboxylic acids is 1. The van der Waals surface area contributed by atoms with Crippen LogP contribution in [-0.2, 0) is 4.79 Å². The second-order valence-electron chi connectivity index (χ2n) is 4.70. The third kappa shape index (κ3) is 1.64. The number of para-hydroxylation sites is 1. The van der Waals surface area contributed by atoms with Crippen molar-refractivity contribution < 1.29 is 14.7 Å². The maximum absolute atomic E-state index is 11.5. The smallest absolute Gasteiger partial charge is 0.338 e. The van der Waals surface area contributed by atoms with Crippen LogP contribution in [0.15, 0.2) is 54.9 Å². The Morgan fingerprint density at radius 3 is 2.95 bits per heavy atom. The second-order valence-corrected chi connectivity index (χ2v) is 4.70. The van der Waals surface area contributed by atoms with Crippen LogP contribution >= 0.6 is 0 Å². The number of allylic oxidation sites excluding steroid dienone is 2. The third-order valence-electron chi connectivity index (χ3n) is 3.50. The number of hydrogen-bond donors (Lipinski definition) is 1. The fourth-order valence-electron chi connectivity index (χ4n) is 2.60. The molecule has 0 saturated carbocycles. The van der Waals surface area contributed by atoms with E-state index in [-0.39, 0.29) is 5.57 Å². The lowest BCUT2D eigenvalue weighted by molar-refractivity contribution is -0.130. The molecule has 102 valence electrons. The van der Waals surface area contributed by atoms with E-state index in [0.29, 0.717) is 11.4 Å². The Bertz CT molecular complexity index is 905. The Balaban J connectivity index is 2.12. The van der Waals surface area contributed by atoms with Crippen LogP contribution in [0, 0.1) is 0 Å². The molecule has 3 heterocycles. The Kier molecular flexibility index (Phi) is 2.35. The number of pyridine rings is 1. The summed E-state index contributed by atoms with van der Waals surface area (Å²) in [7, 11) is 0. The molecule has 0 radical (unpaired) electrons. The van der Waals surface area contributed by atoms with Crippen LogP contribution in [0.25, 0.3) is 27.7 Å². The molecule has 1 N–H and O–H groups in total. The molecule has 4 rings (SSSR count). The fraction of sp³-hybridized carbons (Fsp3) is 0. The molecule has 0 fully saturated rings. The summed E-state index contributed by atoms with van der Waals surface area (Å²) in [6.07, 6.45) is 6.22. The van der Waals surface area contributed by atoms with Crippen molar-refractivity contribution >= 4 is 22.4 Å². The topological polar surface area (TPSA) is 64.3 Å². The molecule has 3 aliphatic heterocycles.